The molecule has 0 bridgehead atoms. The molecular formula is C13H19BrClNO2. The quantitative estimate of drug-likeness (QED) is 0.804. The summed E-state index contributed by atoms with van der Waals surface area (Å²) in [6, 6.07) is 5.39. The van der Waals surface area contributed by atoms with E-state index >= 15 is 0 Å². The van der Waals surface area contributed by atoms with Gasteiger partial charge in [-0.05, 0) is 30.7 Å². The molecule has 0 saturated heterocycles. The number of ether oxygens (including phenoxy) is 1. The van der Waals surface area contributed by atoms with E-state index in [1.165, 1.54) is 0 Å². The lowest BCUT2D eigenvalue weighted by molar-refractivity contribution is 0.106. The second-order valence-electron chi connectivity index (χ2n) is 4.59. The Labute approximate surface area is 122 Å². The SMILES string of the molecule is CC(C)CNCC(O)COc1ccc(Br)cc1Cl. The molecule has 0 radical (unpaired) electrons. The molecule has 0 heterocycles. The van der Waals surface area contributed by atoms with Crippen LogP contribution in [0.2, 0.25) is 5.02 Å². The maximum Gasteiger partial charge on any atom is 0.138 e. The molecule has 0 amide bonds. The third kappa shape index (κ3) is 6.05. The fourth-order valence-corrected chi connectivity index (χ4v) is 2.10. The van der Waals surface area contributed by atoms with Crippen molar-refractivity contribution in [3.8, 4) is 5.75 Å². The minimum absolute atomic E-state index is 0.229. The highest BCUT2D eigenvalue weighted by Gasteiger charge is 2.07. The van der Waals surface area contributed by atoms with Gasteiger partial charge in [-0.15, -0.1) is 0 Å². The van der Waals surface area contributed by atoms with Gasteiger partial charge in [-0.2, -0.15) is 0 Å². The molecule has 0 spiro atoms. The highest BCUT2D eigenvalue weighted by atomic mass is 79.9. The van der Waals surface area contributed by atoms with Crippen LogP contribution in [0.15, 0.2) is 22.7 Å². The van der Waals surface area contributed by atoms with Crippen LogP contribution in [0.25, 0.3) is 0 Å². The lowest BCUT2D eigenvalue weighted by Gasteiger charge is -2.15. The van der Waals surface area contributed by atoms with Gasteiger partial charge in [0.25, 0.3) is 0 Å². The highest BCUT2D eigenvalue weighted by Crippen LogP contribution is 2.27. The first-order chi connectivity index (χ1) is 8.49. The van der Waals surface area contributed by atoms with Gasteiger partial charge in [0, 0.05) is 11.0 Å². The second-order valence-corrected chi connectivity index (χ2v) is 5.91. The van der Waals surface area contributed by atoms with E-state index in [0.717, 1.165) is 11.0 Å². The number of hydrogen-bond donors (Lipinski definition) is 2. The number of aliphatic hydroxyl groups excluding tert-OH is 1. The smallest absolute Gasteiger partial charge is 0.138 e. The molecule has 0 aromatic heterocycles. The molecule has 0 aliphatic heterocycles. The van der Waals surface area contributed by atoms with Crippen molar-refractivity contribution in [2.24, 2.45) is 5.92 Å². The first-order valence-electron chi connectivity index (χ1n) is 5.95. The Morgan fingerprint density at radius 1 is 1.39 bits per heavy atom. The van der Waals surface area contributed by atoms with Crippen molar-refractivity contribution in [3.05, 3.63) is 27.7 Å². The fourth-order valence-electron chi connectivity index (χ4n) is 1.38. The number of rotatable bonds is 7. The molecule has 0 saturated carbocycles. The standard InChI is InChI=1S/C13H19BrClNO2/c1-9(2)6-16-7-11(17)8-18-13-4-3-10(14)5-12(13)15/h3-5,9,11,16-17H,6-8H2,1-2H3. The zero-order chi connectivity index (χ0) is 13.5. The average molecular weight is 337 g/mol. The molecule has 0 aliphatic carbocycles. The van der Waals surface area contributed by atoms with Gasteiger partial charge < -0.3 is 15.2 Å². The first-order valence-corrected chi connectivity index (χ1v) is 7.12. The Morgan fingerprint density at radius 3 is 2.72 bits per heavy atom. The van der Waals surface area contributed by atoms with E-state index in [1.807, 2.05) is 6.07 Å². The van der Waals surface area contributed by atoms with Gasteiger partial charge >= 0.3 is 0 Å². The predicted molar refractivity (Wildman–Crippen MR) is 78.4 cm³/mol. The predicted octanol–water partition coefficient (Wildman–Crippen LogP) is 3.09. The van der Waals surface area contributed by atoms with Gasteiger partial charge in [0.1, 0.15) is 18.5 Å². The van der Waals surface area contributed by atoms with E-state index in [9.17, 15) is 5.11 Å². The highest BCUT2D eigenvalue weighted by molar-refractivity contribution is 9.10. The fraction of sp³-hybridized carbons (Fsp3) is 0.538. The van der Waals surface area contributed by atoms with Crippen molar-refractivity contribution in [2.45, 2.75) is 20.0 Å². The van der Waals surface area contributed by atoms with Crippen LogP contribution < -0.4 is 10.1 Å². The van der Waals surface area contributed by atoms with Crippen LogP contribution >= 0.6 is 27.5 Å². The van der Waals surface area contributed by atoms with Gasteiger partial charge in [-0.25, -0.2) is 0 Å². The van der Waals surface area contributed by atoms with Gasteiger partial charge in [-0.1, -0.05) is 41.4 Å². The van der Waals surface area contributed by atoms with E-state index in [2.05, 4.69) is 35.1 Å². The van der Waals surface area contributed by atoms with Crippen LogP contribution in [0.1, 0.15) is 13.8 Å². The molecule has 2 N–H and O–H groups in total. The van der Waals surface area contributed by atoms with E-state index in [-0.39, 0.29) is 6.61 Å². The molecule has 0 aliphatic rings. The normalized spacial score (nSPS) is 12.8. The summed E-state index contributed by atoms with van der Waals surface area (Å²) in [6.45, 7) is 5.88. The number of halogens is 2. The molecule has 0 fully saturated rings. The molecule has 1 unspecified atom stereocenters. The minimum Gasteiger partial charge on any atom is -0.489 e. The lowest BCUT2D eigenvalue weighted by Crippen LogP contribution is -2.33. The topological polar surface area (TPSA) is 41.5 Å². The molecule has 5 heteroatoms. The Morgan fingerprint density at radius 2 is 2.11 bits per heavy atom. The number of hydrogen-bond acceptors (Lipinski definition) is 3. The van der Waals surface area contributed by atoms with E-state index < -0.39 is 6.10 Å². The van der Waals surface area contributed by atoms with Crippen molar-refractivity contribution in [3.63, 3.8) is 0 Å². The van der Waals surface area contributed by atoms with Crippen molar-refractivity contribution in [2.75, 3.05) is 19.7 Å². The maximum atomic E-state index is 9.73. The van der Waals surface area contributed by atoms with Crippen molar-refractivity contribution in [1.29, 1.82) is 0 Å². The van der Waals surface area contributed by atoms with Gasteiger partial charge in [0.2, 0.25) is 0 Å². The molecule has 3 nitrogen and oxygen atoms in total. The summed E-state index contributed by atoms with van der Waals surface area (Å²) >= 11 is 9.33. The molecule has 1 rings (SSSR count). The third-order valence-corrected chi connectivity index (χ3v) is 3.05. The molecular weight excluding hydrogens is 318 g/mol. The summed E-state index contributed by atoms with van der Waals surface area (Å²) in [5.74, 6) is 1.15. The zero-order valence-electron chi connectivity index (χ0n) is 10.6. The van der Waals surface area contributed by atoms with Crippen LogP contribution in [0.3, 0.4) is 0 Å². The van der Waals surface area contributed by atoms with Gasteiger partial charge in [-0.3, -0.25) is 0 Å². The molecule has 1 aromatic rings. The average Bonchev–Trinajstić information content (AvgIpc) is 2.27. The Bertz CT molecular complexity index is 374. The number of aliphatic hydroxyl groups is 1. The number of nitrogens with one attached hydrogen (secondary N) is 1. The Kier molecular flexibility index (Phi) is 7.00. The number of benzene rings is 1. The van der Waals surface area contributed by atoms with Crippen LogP contribution in [-0.2, 0) is 0 Å². The van der Waals surface area contributed by atoms with Gasteiger partial charge in [0.05, 0.1) is 5.02 Å². The summed E-state index contributed by atoms with van der Waals surface area (Å²) in [5, 5.41) is 13.4. The van der Waals surface area contributed by atoms with E-state index in [4.69, 9.17) is 16.3 Å². The third-order valence-electron chi connectivity index (χ3n) is 2.26. The molecule has 1 atom stereocenters. The maximum absolute atomic E-state index is 9.73. The molecule has 1 aromatic carbocycles. The van der Waals surface area contributed by atoms with Crippen molar-refractivity contribution < 1.29 is 9.84 Å². The van der Waals surface area contributed by atoms with E-state index in [0.29, 0.717) is 23.2 Å². The summed E-state index contributed by atoms with van der Waals surface area (Å²) in [6.07, 6.45) is -0.538. The molecule has 102 valence electrons. The van der Waals surface area contributed by atoms with Crippen molar-refractivity contribution >= 4 is 27.5 Å². The first kappa shape index (κ1) is 15.8. The zero-order valence-corrected chi connectivity index (χ0v) is 13.0. The van der Waals surface area contributed by atoms with E-state index in [1.54, 1.807) is 12.1 Å². The van der Waals surface area contributed by atoms with Gasteiger partial charge in [0.15, 0.2) is 0 Å². The van der Waals surface area contributed by atoms with Crippen LogP contribution in [-0.4, -0.2) is 30.9 Å². The summed E-state index contributed by atoms with van der Waals surface area (Å²) in [7, 11) is 0. The summed E-state index contributed by atoms with van der Waals surface area (Å²) < 4.78 is 6.37. The monoisotopic (exact) mass is 335 g/mol. The Hall–Kier alpha value is -0.290. The van der Waals surface area contributed by atoms with Crippen LogP contribution in [0, 0.1) is 5.92 Å². The van der Waals surface area contributed by atoms with Crippen LogP contribution in [0.5, 0.6) is 5.75 Å². The minimum atomic E-state index is -0.538. The summed E-state index contributed by atoms with van der Waals surface area (Å²) in [4.78, 5) is 0. The Balaban J connectivity index is 2.31. The lowest BCUT2D eigenvalue weighted by atomic mass is 10.2. The molecule has 18 heavy (non-hydrogen) atoms. The van der Waals surface area contributed by atoms with Crippen LogP contribution in [0.4, 0.5) is 0 Å². The van der Waals surface area contributed by atoms with Crippen molar-refractivity contribution in [1.82, 2.24) is 5.32 Å². The largest absolute Gasteiger partial charge is 0.489 e. The second kappa shape index (κ2) is 8.00. The summed E-state index contributed by atoms with van der Waals surface area (Å²) in [5.41, 5.74) is 0.